The van der Waals surface area contributed by atoms with E-state index >= 15 is 0 Å². The van der Waals surface area contributed by atoms with Crippen LogP contribution >= 0.6 is 0 Å². The van der Waals surface area contributed by atoms with Gasteiger partial charge in [-0.05, 0) is 25.2 Å². The molecule has 0 spiro atoms. The van der Waals surface area contributed by atoms with E-state index in [0.29, 0.717) is 45.8 Å². The van der Waals surface area contributed by atoms with Gasteiger partial charge in [0.25, 0.3) is 10.2 Å². The Kier molecular flexibility index (Phi) is 3.98. The average Bonchev–Trinajstić information content (AvgIpc) is 3.25. The lowest BCUT2D eigenvalue weighted by atomic mass is 10.1. The lowest BCUT2D eigenvalue weighted by Gasteiger charge is -2.37. The molecule has 1 aliphatic carbocycles. The van der Waals surface area contributed by atoms with E-state index in [-0.39, 0.29) is 11.8 Å². The third-order valence-electron chi connectivity index (χ3n) is 4.08. The molecule has 8 heteroatoms. The molecule has 0 aromatic heterocycles. The fraction of sp³-hybridized carbons (Fsp3) is 0.917. The Bertz CT molecular complexity index is 469. The van der Waals surface area contributed by atoms with Crippen molar-refractivity contribution in [1.82, 2.24) is 13.9 Å². The van der Waals surface area contributed by atoms with Gasteiger partial charge >= 0.3 is 0 Å². The first-order chi connectivity index (χ1) is 9.60. The Balaban J connectivity index is 1.82. The molecule has 2 aliphatic heterocycles. The van der Waals surface area contributed by atoms with Gasteiger partial charge in [0.1, 0.15) is 6.04 Å². The first-order valence-corrected chi connectivity index (χ1v) is 8.63. The predicted molar refractivity (Wildman–Crippen MR) is 72.2 cm³/mol. The predicted octanol–water partition coefficient (Wildman–Crippen LogP) is -0.836. The number of carbonyl (C=O) groups is 1. The number of hydrogen-bond acceptors (Lipinski definition) is 4. The third kappa shape index (κ3) is 2.69. The van der Waals surface area contributed by atoms with Crippen molar-refractivity contribution < 1.29 is 17.9 Å². The van der Waals surface area contributed by atoms with E-state index in [0.717, 1.165) is 12.8 Å². The summed E-state index contributed by atoms with van der Waals surface area (Å²) in [6.07, 6.45) is 2.58. The van der Waals surface area contributed by atoms with Crippen molar-refractivity contribution in [2.45, 2.75) is 25.3 Å². The van der Waals surface area contributed by atoms with E-state index < -0.39 is 16.3 Å². The molecule has 1 atom stereocenters. The molecule has 0 radical (unpaired) electrons. The summed E-state index contributed by atoms with van der Waals surface area (Å²) in [6, 6.07) is -0.516. The van der Waals surface area contributed by atoms with Crippen molar-refractivity contribution in [3.63, 3.8) is 0 Å². The Morgan fingerprint density at radius 2 is 1.95 bits per heavy atom. The van der Waals surface area contributed by atoms with Gasteiger partial charge in [-0.15, -0.1) is 0 Å². The van der Waals surface area contributed by atoms with Crippen LogP contribution in [0.1, 0.15) is 19.3 Å². The Morgan fingerprint density at radius 3 is 2.70 bits per heavy atom. The maximum atomic E-state index is 12.8. The number of hydrogen-bond donors (Lipinski definition) is 1. The summed E-state index contributed by atoms with van der Waals surface area (Å²) in [4.78, 5) is 12.0. The fourth-order valence-electron chi connectivity index (χ4n) is 2.89. The second-order valence-corrected chi connectivity index (χ2v) is 7.44. The van der Waals surface area contributed by atoms with Crippen molar-refractivity contribution >= 4 is 16.1 Å². The number of carbonyl (C=O) groups excluding carboxylic acids is 1. The van der Waals surface area contributed by atoms with Crippen LogP contribution in [0.3, 0.4) is 0 Å². The number of nitrogens with zero attached hydrogens (tertiary/aromatic N) is 2. The second-order valence-electron chi connectivity index (χ2n) is 5.56. The first-order valence-electron chi connectivity index (χ1n) is 7.23. The van der Waals surface area contributed by atoms with Crippen molar-refractivity contribution in [1.29, 1.82) is 0 Å². The first kappa shape index (κ1) is 14.2. The van der Waals surface area contributed by atoms with Crippen molar-refractivity contribution in [2.24, 2.45) is 5.92 Å². The molecule has 7 nitrogen and oxygen atoms in total. The molecular formula is C12H21N3O4S. The highest BCUT2D eigenvalue weighted by Gasteiger charge is 2.47. The smallest absolute Gasteiger partial charge is 0.282 e. The molecule has 3 rings (SSSR count). The van der Waals surface area contributed by atoms with Crippen LogP contribution < -0.4 is 5.32 Å². The molecular weight excluding hydrogens is 282 g/mol. The number of rotatable bonds is 3. The zero-order valence-electron chi connectivity index (χ0n) is 11.5. The van der Waals surface area contributed by atoms with Gasteiger partial charge in [0.05, 0.1) is 6.61 Å². The van der Waals surface area contributed by atoms with Gasteiger partial charge in [-0.3, -0.25) is 4.79 Å². The van der Waals surface area contributed by atoms with Gasteiger partial charge < -0.3 is 10.1 Å². The van der Waals surface area contributed by atoms with E-state index in [1.165, 1.54) is 8.61 Å². The maximum absolute atomic E-state index is 12.8. The zero-order valence-corrected chi connectivity index (χ0v) is 12.3. The monoisotopic (exact) mass is 303 g/mol. The molecule has 3 fully saturated rings. The SMILES string of the molecule is O=C1NCCN(S(=O)(=O)N2CCCOCC2)C1C1CC1. The molecule has 3 aliphatic rings. The molecule has 0 bridgehead atoms. The number of nitrogens with one attached hydrogen (secondary N) is 1. The van der Waals surface area contributed by atoms with E-state index in [1.807, 2.05) is 0 Å². The second kappa shape index (κ2) is 5.59. The van der Waals surface area contributed by atoms with E-state index in [9.17, 15) is 13.2 Å². The highest BCUT2D eigenvalue weighted by molar-refractivity contribution is 7.86. The van der Waals surface area contributed by atoms with Crippen molar-refractivity contribution in [3.05, 3.63) is 0 Å². The fourth-order valence-corrected chi connectivity index (χ4v) is 4.72. The van der Waals surface area contributed by atoms with E-state index in [2.05, 4.69) is 5.32 Å². The molecule has 0 aromatic carbocycles. The summed E-state index contributed by atoms with van der Waals surface area (Å²) >= 11 is 0. The van der Waals surface area contributed by atoms with Gasteiger partial charge in [0.2, 0.25) is 5.91 Å². The minimum Gasteiger partial charge on any atom is -0.380 e. The summed E-state index contributed by atoms with van der Waals surface area (Å²) in [6.45, 7) is 2.62. The highest BCUT2D eigenvalue weighted by Crippen LogP contribution is 2.37. The number of ether oxygens (including phenoxy) is 1. The standard InChI is InChI=1S/C12H21N3O4S/c16-12-11(10-2-3-10)15(6-4-13-12)20(17,18)14-5-1-8-19-9-7-14/h10-11H,1-9H2,(H,13,16). The molecule has 1 N–H and O–H groups in total. The van der Waals surface area contributed by atoms with Gasteiger partial charge in [-0.25, -0.2) is 0 Å². The topological polar surface area (TPSA) is 79.0 Å². The molecule has 2 saturated heterocycles. The van der Waals surface area contributed by atoms with Crippen LogP contribution in [-0.2, 0) is 19.7 Å². The quantitative estimate of drug-likeness (QED) is 0.738. The zero-order chi connectivity index (χ0) is 14.2. The highest BCUT2D eigenvalue weighted by atomic mass is 32.2. The van der Waals surface area contributed by atoms with Gasteiger partial charge in [-0.2, -0.15) is 17.0 Å². The summed E-state index contributed by atoms with van der Waals surface area (Å²) in [5.41, 5.74) is 0. The Morgan fingerprint density at radius 1 is 1.15 bits per heavy atom. The van der Waals surface area contributed by atoms with Crippen LogP contribution in [0.15, 0.2) is 0 Å². The van der Waals surface area contributed by atoms with Crippen LogP contribution in [0.5, 0.6) is 0 Å². The van der Waals surface area contributed by atoms with Crippen LogP contribution in [0.25, 0.3) is 0 Å². The summed E-state index contributed by atoms with van der Waals surface area (Å²) in [7, 11) is -3.57. The van der Waals surface area contributed by atoms with Crippen LogP contribution in [0.2, 0.25) is 0 Å². The van der Waals surface area contributed by atoms with Crippen molar-refractivity contribution in [3.8, 4) is 0 Å². The van der Waals surface area contributed by atoms with Gasteiger partial charge in [0, 0.05) is 32.8 Å². The van der Waals surface area contributed by atoms with Crippen molar-refractivity contribution in [2.75, 3.05) is 39.4 Å². The molecule has 114 valence electrons. The summed E-state index contributed by atoms with van der Waals surface area (Å²) in [5, 5.41) is 2.78. The van der Waals surface area contributed by atoms with Gasteiger partial charge in [-0.1, -0.05) is 0 Å². The van der Waals surface area contributed by atoms with Crippen LogP contribution in [0, 0.1) is 5.92 Å². The molecule has 1 saturated carbocycles. The average molecular weight is 303 g/mol. The van der Waals surface area contributed by atoms with Gasteiger partial charge in [0.15, 0.2) is 0 Å². The summed E-state index contributed by atoms with van der Waals surface area (Å²) in [5.74, 6) is 0.0432. The maximum Gasteiger partial charge on any atom is 0.282 e. The third-order valence-corrected chi connectivity index (χ3v) is 6.10. The summed E-state index contributed by atoms with van der Waals surface area (Å²) < 4.78 is 33.8. The molecule has 1 unspecified atom stereocenters. The Labute approximate surface area is 119 Å². The van der Waals surface area contributed by atoms with E-state index in [4.69, 9.17) is 4.74 Å². The van der Waals surface area contributed by atoms with Crippen LogP contribution in [-0.4, -0.2) is 68.4 Å². The minimum atomic E-state index is -3.57. The normalized spacial score (nSPS) is 30.8. The largest absolute Gasteiger partial charge is 0.380 e. The minimum absolute atomic E-state index is 0.145. The molecule has 0 aromatic rings. The lowest BCUT2D eigenvalue weighted by Crippen LogP contribution is -2.61. The number of piperazine rings is 1. The number of amides is 1. The molecule has 1 amide bonds. The van der Waals surface area contributed by atoms with Crippen LogP contribution in [0.4, 0.5) is 0 Å². The molecule has 2 heterocycles. The Hall–Kier alpha value is -0.700. The molecule has 20 heavy (non-hydrogen) atoms. The van der Waals surface area contributed by atoms with E-state index in [1.54, 1.807) is 0 Å². The lowest BCUT2D eigenvalue weighted by molar-refractivity contribution is -0.127.